The van der Waals surface area contributed by atoms with Crippen molar-refractivity contribution in [2.75, 3.05) is 33.8 Å². The van der Waals surface area contributed by atoms with Gasteiger partial charge in [-0.15, -0.1) is 0 Å². The van der Waals surface area contributed by atoms with Crippen molar-refractivity contribution in [3.63, 3.8) is 0 Å². The summed E-state index contributed by atoms with van der Waals surface area (Å²) in [6, 6.07) is 18.2. The van der Waals surface area contributed by atoms with Crippen molar-refractivity contribution in [2.45, 2.75) is 12.0 Å². The van der Waals surface area contributed by atoms with Crippen LogP contribution in [0.15, 0.2) is 73.2 Å². The van der Waals surface area contributed by atoms with Crippen LogP contribution in [0.4, 0.5) is 0 Å². The molecule has 0 saturated carbocycles. The quantitative estimate of drug-likeness (QED) is 0.622. The molecule has 0 bridgehead atoms. The fraction of sp³-hybridized carbons (Fsp3) is 0.280. The zero-order valence-corrected chi connectivity index (χ0v) is 18.3. The van der Waals surface area contributed by atoms with E-state index in [1.54, 1.807) is 19.0 Å². The van der Waals surface area contributed by atoms with E-state index >= 15 is 0 Å². The van der Waals surface area contributed by atoms with E-state index in [1.807, 2.05) is 42.5 Å². The number of ether oxygens (including phenoxy) is 1. The van der Waals surface area contributed by atoms with Crippen molar-refractivity contribution in [1.82, 2.24) is 19.8 Å². The van der Waals surface area contributed by atoms with Gasteiger partial charge in [0.25, 0.3) is 11.8 Å². The molecule has 7 heteroatoms. The Hall–Kier alpha value is -3.58. The molecule has 1 aliphatic heterocycles. The molecule has 1 fully saturated rings. The summed E-state index contributed by atoms with van der Waals surface area (Å²) < 4.78 is 6.10. The van der Waals surface area contributed by atoms with Crippen LogP contribution in [0.5, 0.6) is 0 Å². The zero-order valence-electron chi connectivity index (χ0n) is 18.3. The third-order valence-electron chi connectivity index (χ3n) is 5.60. The number of carbonyl (C=O) groups excluding carboxylic acids is 2. The second-order valence-corrected chi connectivity index (χ2v) is 8.10. The highest BCUT2D eigenvalue weighted by molar-refractivity contribution is 5.93. The minimum atomic E-state index is -1.16. The summed E-state index contributed by atoms with van der Waals surface area (Å²) in [5, 5.41) is 0. The molecule has 1 atom stereocenters. The van der Waals surface area contributed by atoms with Crippen LogP contribution in [0.1, 0.15) is 16.1 Å². The normalized spacial score (nSPS) is 18.2. The first-order valence-corrected chi connectivity index (χ1v) is 10.5. The Morgan fingerprint density at radius 1 is 1.03 bits per heavy atom. The van der Waals surface area contributed by atoms with Gasteiger partial charge in [0.05, 0.1) is 19.3 Å². The van der Waals surface area contributed by atoms with E-state index in [4.69, 9.17) is 4.74 Å². The summed E-state index contributed by atoms with van der Waals surface area (Å²) in [6.07, 6.45) is 4.81. The molecule has 0 N–H and O–H groups in total. The topological polar surface area (TPSA) is 75.6 Å². The Labute approximate surface area is 187 Å². The minimum Gasteiger partial charge on any atom is -0.361 e. The van der Waals surface area contributed by atoms with E-state index in [9.17, 15) is 9.59 Å². The van der Waals surface area contributed by atoms with E-state index in [0.717, 1.165) is 16.7 Å². The molecule has 1 aromatic heterocycles. The number of nitrogens with zero attached hydrogens (tertiary/aromatic N) is 4. The average molecular weight is 431 g/mol. The largest absolute Gasteiger partial charge is 0.361 e. The van der Waals surface area contributed by atoms with Crippen LogP contribution in [0.3, 0.4) is 0 Å². The first kappa shape index (κ1) is 21.6. The summed E-state index contributed by atoms with van der Waals surface area (Å²) in [6.45, 7) is 0.818. The number of benzene rings is 2. The number of hydrogen-bond donors (Lipinski definition) is 0. The fourth-order valence-electron chi connectivity index (χ4n) is 4.02. The molecule has 2 heterocycles. The van der Waals surface area contributed by atoms with Crippen molar-refractivity contribution < 1.29 is 14.3 Å². The van der Waals surface area contributed by atoms with E-state index in [1.165, 1.54) is 23.5 Å². The monoisotopic (exact) mass is 430 g/mol. The number of hydrogen-bond acceptors (Lipinski definition) is 5. The van der Waals surface area contributed by atoms with Gasteiger partial charge in [-0.1, -0.05) is 54.6 Å². The molecular weight excluding hydrogens is 404 g/mol. The van der Waals surface area contributed by atoms with E-state index in [-0.39, 0.29) is 30.7 Å². The second kappa shape index (κ2) is 9.28. The number of morpholine rings is 1. The maximum atomic E-state index is 13.3. The highest BCUT2D eigenvalue weighted by Crippen LogP contribution is 2.28. The summed E-state index contributed by atoms with van der Waals surface area (Å²) in [4.78, 5) is 37.5. The SMILES string of the molecule is CN(C)C(=O)[C@]1(Cc2ccc(-c3ccccc3)cc2)CN(C(=O)c2cnccn2)CCO1. The number of aromatic nitrogens is 2. The molecule has 164 valence electrons. The molecule has 0 spiro atoms. The summed E-state index contributed by atoms with van der Waals surface area (Å²) in [5.41, 5.74) is 2.30. The number of carbonyl (C=O) groups is 2. The highest BCUT2D eigenvalue weighted by Gasteiger charge is 2.46. The molecule has 0 radical (unpaired) electrons. The molecule has 4 rings (SSSR count). The smallest absolute Gasteiger partial charge is 0.274 e. The van der Waals surface area contributed by atoms with Crippen LogP contribution >= 0.6 is 0 Å². The lowest BCUT2D eigenvalue weighted by atomic mass is 9.90. The van der Waals surface area contributed by atoms with E-state index in [2.05, 4.69) is 22.1 Å². The van der Waals surface area contributed by atoms with Crippen LogP contribution in [-0.4, -0.2) is 71.0 Å². The molecule has 32 heavy (non-hydrogen) atoms. The van der Waals surface area contributed by atoms with Gasteiger partial charge >= 0.3 is 0 Å². The lowest BCUT2D eigenvalue weighted by molar-refractivity contribution is -0.165. The van der Waals surface area contributed by atoms with E-state index < -0.39 is 5.60 Å². The van der Waals surface area contributed by atoms with Gasteiger partial charge < -0.3 is 14.5 Å². The van der Waals surface area contributed by atoms with Gasteiger partial charge in [0, 0.05) is 39.5 Å². The number of amides is 2. The van der Waals surface area contributed by atoms with Crippen molar-refractivity contribution in [3.8, 4) is 11.1 Å². The Morgan fingerprint density at radius 2 is 1.75 bits per heavy atom. The van der Waals surface area contributed by atoms with Crippen LogP contribution in [0.2, 0.25) is 0 Å². The van der Waals surface area contributed by atoms with Gasteiger partial charge in [-0.25, -0.2) is 4.98 Å². The maximum absolute atomic E-state index is 13.3. The first-order chi connectivity index (χ1) is 15.5. The van der Waals surface area contributed by atoms with Gasteiger partial charge in [-0.2, -0.15) is 0 Å². The first-order valence-electron chi connectivity index (χ1n) is 10.5. The summed E-state index contributed by atoms with van der Waals surface area (Å²) in [5.74, 6) is -0.418. The summed E-state index contributed by atoms with van der Waals surface area (Å²) >= 11 is 0. The van der Waals surface area contributed by atoms with Crippen molar-refractivity contribution in [1.29, 1.82) is 0 Å². The van der Waals surface area contributed by atoms with E-state index in [0.29, 0.717) is 13.0 Å². The molecular formula is C25H26N4O3. The van der Waals surface area contributed by atoms with Gasteiger partial charge in [-0.05, 0) is 16.7 Å². The maximum Gasteiger partial charge on any atom is 0.274 e. The predicted octanol–water partition coefficient (Wildman–Crippen LogP) is 2.69. The lowest BCUT2D eigenvalue weighted by Crippen LogP contribution is -2.61. The van der Waals surface area contributed by atoms with Gasteiger partial charge in [-0.3, -0.25) is 14.6 Å². The van der Waals surface area contributed by atoms with Crippen molar-refractivity contribution in [3.05, 3.63) is 84.4 Å². The number of likely N-dealkylation sites (N-methyl/N-ethyl adjacent to an activating group) is 1. The Kier molecular flexibility index (Phi) is 6.28. The van der Waals surface area contributed by atoms with Gasteiger partial charge in [0.2, 0.25) is 0 Å². The predicted molar refractivity (Wildman–Crippen MR) is 121 cm³/mol. The third-order valence-corrected chi connectivity index (χ3v) is 5.60. The molecule has 1 saturated heterocycles. The average Bonchev–Trinajstić information content (AvgIpc) is 2.84. The zero-order chi connectivity index (χ0) is 22.6. The molecule has 1 aliphatic rings. The number of rotatable bonds is 5. The van der Waals surface area contributed by atoms with Gasteiger partial charge in [0.1, 0.15) is 5.69 Å². The lowest BCUT2D eigenvalue weighted by Gasteiger charge is -2.42. The minimum absolute atomic E-state index is 0.153. The van der Waals surface area contributed by atoms with Crippen LogP contribution in [-0.2, 0) is 16.0 Å². The molecule has 0 aliphatic carbocycles. The van der Waals surface area contributed by atoms with Crippen molar-refractivity contribution in [2.24, 2.45) is 0 Å². The standard InChI is InChI=1S/C25H26N4O3/c1-28(2)24(31)25(16-19-8-10-21(11-9-19)20-6-4-3-5-7-20)18-29(14-15-32-25)23(30)22-17-26-12-13-27-22/h3-13,17H,14-16,18H2,1-2H3/t25-/m0/s1. The van der Waals surface area contributed by atoms with Crippen LogP contribution in [0, 0.1) is 0 Å². The molecule has 2 aromatic carbocycles. The van der Waals surface area contributed by atoms with Crippen LogP contribution < -0.4 is 0 Å². The Morgan fingerprint density at radius 3 is 2.41 bits per heavy atom. The molecule has 0 unspecified atom stereocenters. The fourth-order valence-corrected chi connectivity index (χ4v) is 4.02. The molecule has 2 amide bonds. The third kappa shape index (κ3) is 4.53. The molecule has 3 aromatic rings. The Bertz CT molecular complexity index is 1070. The highest BCUT2D eigenvalue weighted by atomic mass is 16.5. The van der Waals surface area contributed by atoms with Gasteiger partial charge in [0.15, 0.2) is 5.60 Å². The Balaban J connectivity index is 1.59. The second-order valence-electron chi connectivity index (χ2n) is 8.10. The van der Waals surface area contributed by atoms with Crippen molar-refractivity contribution >= 4 is 11.8 Å². The van der Waals surface area contributed by atoms with Crippen LogP contribution in [0.25, 0.3) is 11.1 Å². The summed E-state index contributed by atoms with van der Waals surface area (Å²) in [7, 11) is 3.41. The molecule has 7 nitrogen and oxygen atoms in total.